The zero-order valence-electron chi connectivity index (χ0n) is 9.07. The van der Waals surface area contributed by atoms with Gasteiger partial charge in [0.05, 0.1) is 13.7 Å². The average molecular weight is 228 g/mol. The maximum atomic E-state index is 13.3. The van der Waals surface area contributed by atoms with Gasteiger partial charge in [-0.25, -0.2) is 9.18 Å². The number of rotatable bonds is 4. The number of aliphatic hydroxyl groups excluding tert-OH is 1. The summed E-state index contributed by atoms with van der Waals surface area (Å²) in [5, 5.41) is 9.53. The summed E-state index contributed by atoms with van der Waals surface area (Å²) in [7, 11) is 1.33. The van der Waals surface area contributed by atoms with Gasteiger partial charge in [0.25, 0.3) is 0 Å². The second-order valence-corrected chi connectivity index (χ2v) is 3.05. The largest absolute Gasteiger partial charge is 0.494 e. The van der Waals surface area contributed by atoms with Gasteiger partial charge in [0.15, 0.2) is 17.7 Å². The highest BCUT2D eigenvalue weighted by molar-refractivity contribution is 5.76. The van der Waals surface area contributed by atoms with Crippen LogP contribution in [0.4, 0.5) is 4.39 Å². The number of esters is 1. The van der Waals surface area contributed by atoms with E-state index in [1.807, 2.05) is 0 Å². The van der Waals surface area contributed by atoms with Gasteiger partial charge < -0.3 is 14.6 Å². The molecule has 5 heteroatoms. The molecular formula is C11H13FO4. The minimum absolute atomic E-state index is 0.0554. The number of carbonyl (C=O) groups excluding carboxylic acids is 1. The fraction of sp³-hybridized carbons (Fsp3) is 0.364. The van der Waals surface area contributed by atoms with E-state index >= 15 is 0 Å². The Morgan fingerprint density at radius 2 is 2.25 bits per heavy atom. The molecule has 0 saturated carbocycles. The number of carbonyl (C=O) groups is 1. The topological polar surface area (TPSA) is 55.8 Å². The van der Waals surface area contributed by atoms with Crippen molar-refractivity contribution in [3.8, 4) is 5.75 Å². The van der Waals surface area contributed by atoms with Crippen molar-refractivity contribution in [3.05, 3.63) is 29.6 Å². The van der Waals surface area contributed by atoms with Crippen LogP contribution >= 0.6 is 0 Å². The van der Waals surface area contributed by atoms with E-state index in [0.29, 0.717) is 0 Å². The first-order chi connectivity index (χ1) is 7.60. The number of benzene rings is 1. The molecular weight excluding hydrogens is 215 g/mol. The first-order valence-corrected chi connectivity index (χ1v) is 4.78. The maximum Gasteiger partial charge on any atom is 0.339 e. The van der Waals surface area contributed by atoms with Gasteiger partial charge in [0.1, 0.15) is 0 Å². The zero-order chi connectivity index (χ0) is 12.1. The van der Waals surface area contributed by atoms with Crippen molar-refractivity contribution in [2.45, 2.75) is 13.0 Å². The van der Waals surface area contributed by atoms with Gasteiger partial charge in [-0.05, 0) is 24.6 Å². The van der Waals surface area contributed by atoms with E-state index in [1.165, 1.54) is 19.2 Å². The first-order valence-electron chi connectivity index (χ1n) is 4.78. The monoisotopic (exact) mass is 228 g/mol. The van der Waals surface area contributed by atoms with Crippen LogP contribution in [0.15, 0.2) is 18.2 Å². The molecule has 1 N–H and O–H groups in total. The Hall–Kier alpha value is -1.62. The molecule has 1 rings (SSSR count). The fourth-order valence-electron chi connectivity index (χ4n) is 1.21. The van der Waals surface area contributed by atoms with Gasteiger partial charge in [-0.3, -0.25) is 0 Å². The quantitative estimate of drug-likeness (QED) is 0.792. The summed E-state index contributed by atoms with van der Waals surface area (Å²) in [6.07, 6.45) is -1.47. The van der Waals surface area contributed by atoms with E-state index in [2.05, 4.69) is 4.74 Å². The van der Waals surface area contributed by atoms with Crippen molar-refractivity contribution in [1.29, 1.82) is 0 Å². The number of halogens is 1. The summed E-state index contributed by atoms with van der Waals surface area (Å²) in [6, 6.07) is 3.79. The third-order valence-corrected chi connectivity index (χ3v) is 2.00. The second kappa shape index (κ2) is 5.46. The molecule has 0 aliphatic rings. The zero-order valence-corrected chi connectivity index (χ0v) is 9.07. The Bertz CT molecular complexity index is 378. The van der Waals surface area contributed by atoms with Gasteiger partial charge >= 0.3 is 5.97 Å². The molecule has 0 saturated heterocycles. The molecule has 0 bridgehead atoms. The minimum Gasteiger partial charge on any atom is -0.494 e. The lowest BCUT2D eigenvalue weighted by Crippen LogP contribution is -2.15. The standard InChI is InChI=1S/C11H13FO4/c1-3-16-11(14)10(13)7-4-5-9(15-2)8(12)6-7/h4-6,10,13H,3H2,1-2H3. The van der Waals surface area contributed by atoms with E-state index < -0.39 is 17.9 Å². The predicted octanol–water partition coefficient (Wildman–Crippen LogP) is 1.43. The van der Waals surface area contributed by atoms with Crippen molar-refractivity contribution in [1.82, 2.24) is 0 Å². The number of aliphatic hydroxyl groups is 1. The summed E-state index contributed by atoms with van der Waals surface area (Å²) in [6.45, 7) is 1.79. The molecule has 1 atom stereocenters. The third-order valence-electron chi connectivity index (χ3n) is 2.00. The fourth-order valence-corrected chi connectivity index (χ4v) is 1.21. The van der Waals surface area contributed by atoms with Crippen molar-refractivity contribution in [2.75, 3.05) is 13.7 Å². The van der Waals surface area contributed by atoms with Gasteiger partial charge in [-0.15, -0.1) is 0 Å². The van der Waals surface area contributed by atoms with Gasteiger partial charge in [-0.2, -0.15) is 0 Å². The van der Waals surface area contributed by atoms with Gasteiger partial charge in [0, 0.05) is 0 Å². The summed E-state index contributed by atoms with van der Waals surface area (Å²) < 4.78 is 22.6. The summed E-state index contributed by atoms with van der Waals surface area (Å²) >= 11 is 0. The lowest BCUT2D eigenvalue weighted by Gasteiger charge is -2.10. The molecule has 0 aliphatic carbocycles. The number of methoxy groups -OCH3 is 1. The van der Waals surface area contributed by atoms with Crippen LogP contribution < -0.4 is 4.74 Å². The van der Waals surface area contributed by atoms with Crippen molar-refractivity contribution >= 4 is 5.97 Å². The predicted molar refractivity (Wildman–Crippen MR) is 54.5 cm³/mol. The van der Waals surface area contributed by atoms with Crippen LogP contribution in [0.25, 0.3) is 0 Å². The highest BCUT2D eigenvalue weighted by Gasteiger charge is 2.19. The highest BCUT2D eigenvalue weighted by atomic mass is 19.1. The Kier molecular flexibility index (Phi) is 4.25. The van der Waals surface area contributed by atoms with Crippen LogP contribution in [0.1, 0.15) is 18.6 Å². The van der Waals surface area contributed by atoms with Gasteiger partial charge in [0.2, 0.25) is 0 Å². The molecule has 0 fully saturated rings. The molecule has 0 aromatic heterocycles. The van der Waals surface area contributed by atoms with E-state index in [4.69, 9.17) is 4.74 Å². The molecule has 1 aromatic rings. The summed E-state index contributed by atoms with van der Waals surface area (Å²) in [5.74, 6) is -1.38. The van der Waals surface area contributed by atoms with Crippen LogP contribution in [-0.4, -0.2) is 24.8 Å². The number of hydrogen-bond donors (Lipinski definition) is 1. The average Bonchev–Trinajstić information content (AvgIpc) is 2.28. The molecule has 0 heterocycles. The molecule has 88 valence electrons. The van der Waals surface area contributed by atoms with E-state index in [9.17, 15) is 14.3 Å². The third kappa shape index (κ3) is 2.70. The summed E-state index contributed by atoms with van der Waals surface area (Å²) in [4.78, 5) is 11.2. The van der Waals surface area contributed by atoms with E-state index in [1.54, 1.807) is 6.92 Å². The van der Waals surface area contributed by atoms with Crippen molar-refractivity contribution in [3.63, 3.8) is 0 Å². The summed E-state index contributed by atoms with van der Waals surface area (Å²) in [5.41, 5.74) is 0.136. The molecule has 1 unspecified atom stereocenters. The molecule has 0 radical (unpaired) electrons. The Balaban J connectivity index is 2.88. The molecule has 0 aliphatic heterocycles. The van der Waals surface area contributed by atoms with E-state index in [-0.39, 0.29) is 17.9 Å². The Morgan fingerprint density at radius 3 is 2.75 bits per heavy atom. The van der Waals surface area contributed by atoms with Crippen LogP contribution in [0.2, 0.25) is 0 Å². The van der Waals surface area contributed by atoms with Gasteiger partial charge in [-0.1, -0.05) is 6.07 Å². The van der Waals surface area contributed by atoms with Crippen LogP contribution in [0, 0.1) is 5.82 Å². The van der Waals surface area contributed by atoms with Crippen LogP contribution in [-0.2, 0) is 9.53 Å². The molecule has 16 heavy (non-hydrogen) atoms. The van der Waals surface area contributed by atoms with Crippen molar-refractivity contribution < 1.29 is 23.8 Å². The van der Waals surface area contributed by atoms with E-state index in [0.717, 1.165) is 6.07 Å². The lowest BCUT2D eigenvalue weighted by atomic mass is 10.1. The number of hydrogen-bond acceptors (Lipinski definition) is 4. The Morgan fingerprint density at radius 1 is 1.56 bits per heavy atom. The smallest absolute Gasteiger partial charge is 0.339 e. The van der Waals surface area contributed by atoms with Crippen molar-refractivity contribution in [2.24, 2.45) is 0 Å². The normalized spacial score (nSPS) is 12.0. The SMILES string of the molecule is CCOC(=O)C(O)c1ccc(OC)c(F)c1. The van der Waals surface area contributed by atoms with Crippen LogP contribution in [0.5, 0.6) is 5.75 Å². The molecule has 0 amide bonds. The Labute approximate surface area is 92.6 Å². The molecule has 0 spiro atoms. The van der Waals surface area contributed by atoms with Crippen LogP contribution in [0.3, 0.4) is 0 Å². The maximum absolute atomic E-state index is 13.3. The molecule has 1 aromatic carbocycles. The lowest BCUT2D eigenvalue weighted by molar-refractivity contribution is -0.153. The molecule has 4 nitrogen and oxygen atoms in total. The number of ether oxygens (including phenoxy) is 2. The minimum atomic E-state index is -1.47. The second-order valence-electron chi connectivity index (χ2n) is 3.05. The first kappa shape index (κ1) is 12.4. The highest BCUT2D eigenvalue weighted by Crippen LogP contribution is 2.22.